The molecule has 12 atom stereocenters. The number of nitrogens with one attached hydrogen (secondary N) is 3. The van der Waals surface area contributed by atoms with Crippen LogP contribution in [0.5, 0.6) is 0 Å². The van der Waals surface area contributed by atoms with Crippen molar-refractivity contribution in [1.29, 1.82) is 0 Å². The van der Waals surface area contributed by atoms with Gasteiger partial charge in [-0.2, -0.15) is 0 Å². The summed E-state index contributed by atoms with van der Waals surface area (Å²) in [5.74, 6) is -4.01. The van der Waals surface area contributed by atoms with Gasteiger partial charge in [0.2, 0.25) is 29.5 Å². The van der Waals surface area contributed by atoms with Gasteiger partial charge in [-0.25, -0.2) is 14.2 Å². The Balaban J connectivity index is 0.913. The number of halogens is 1. The average Bonchev–Trinajstić information content (AvgIpc) is 1.88. The third-order valence-corrected chi connectivity index (χ3v) is 19.5. The Morgan fingerprint density at radius 3 is 2.26 bits per heavy atom. The molecule has 4 aromatic rings. The molecule has 3 aliphatic heterocycles. The highest BCUT2D eigenvalue weighted by Gasteiger charge is 2.47. The highest BCUT2D eigenvalue weighted by Crippen LogP contribution is 2.46. The second-order valence-electron chi connectivity index (χ2n) is 25.7. The number of amides is 5. The van der Waals surface area contributed by atoms with E-state index in [1.807, 2.05) is 71.7 Å². The van der Waals surface area contributed by atoms with E-state index in [0.717, 1.165) is 16.5 Å². The van der Waals surface area contributed by atoms with E-state index >= 15 is 4.39 Å². The van der Waals surface area contributed by atoms with Crippen LogP contribution in [0.25, 0.3) is 22.3 Å². The summed E-state index contributed by atoms with van der Waals surface area (Å²) < 4.78 is 34.5. The number of aliphatic hydroxyl groups is 2. The number of benzene rings is 2. The van der Waals surface area contributed by atoms with Crippen LogP contribution in [0.1, 0.15) is 165 Å². The first-order valence-electron chi connectivity index (χ1n) is 31.5. The van der Waals surface area contributed by atoms with Crippen molar-refractivity contribution in [2.75, 3.05) is 41.4 Å². The van der Waals surface area contributed by atoms with Crippen LogP contribution in [0.15, 0.2) is 47.3 Å². The van der Waals surface area contributed by atoms with Gasteiger partial charge in [0.25, 0.3) is 5.56 Å². The number of aryl methyl sites for hydroxylation is 1. The molecular weight excluding hydrogens is 1130 g/mol. The van der Waals surface area contributed by atoms with Crippen molar-refractivity contribution < 1.29 is 57.6 Å². The van der Waals surface area contributed by atoms with Crippen molar-refractivity contribution in [3.63, 3.8) is 0 Å². The molecule has 4 aliphatic rings. The quantitative estimate of drug-likeness (QED) is 0.0363. The second kappa shape index (κ2) is 28.0. The van der Waals surface area contributed by atoms with Crippen molar-refractivity contribution in [3.05, 3.63) is 97.6 Å². The molecule has 0 radical (unpaired) electrons. The minimum absolute atomic E-state index is 0.0246. The lowest BCUT2D eigenvalue weighted by molar-refractivity contribution is -0.172. The van der Waals surface area contributed by atoms with Crippen molar-refractivity contribution in [2.45, 2.75) is 200 Å². The number of aliphatic hydroxyl groups excluding tert-OH is 1. The maximum Gasteiger partial charge on any atom is 0.343 e. The molecule has 8 rings (SSSR count). The molecule has 480 valence electrons. The van der Waals surface area contributed by atoms with Crippen LogP contribution in [0.3, 0.4) is 0 Å². The summed E-state index contributed by atoms with van der Waals surface area (Å²) in [6, 6.07) is 8.40. The number of hydrogen-bond donors (Lipinski definition) is 5. The maximum absolute atomic E-state index is 15.6. The van der Waals surface area contributed by atoms with Gasteiger partial charge in [0.05, 0.1) is 89.9 Å². The number of cyclic esters (lactones) is 1. The molecule has 88 heavy (non-hydrogen) atoms. The molecule has 1 saturated heterocycles. The number of aromatic nitrogens is 2. The smallest absolute Gasteiger partial charge is 0.343 e. The number of fused-ring (bicyclic) bond motifs is 5. The van der Waals surface area contributed by atoms with Gasteiger partial charge >= 0.3 is 5.97 Å². The molecule has 0 bridgehead atoms. The lowest BCUT2D eigenvalue weighted by Gasteiger charge is -2.41. The third-order valence-electron chi connectivity index (χ3n) is 19.5. The first-order valence-corrected chi connectivity index (χ1v) is 31.5. The summed E-state index contributed by atoms with van der Waals surface area (Å²) in [5, 5.41) is 32.5. The van der Waals surface area contributed by atoms with E-state index in [1.165, 1.54) is 24.9 Å². The molecule has 2 aromatic heterocycles. The Hall–Kier alpha value is -6.65. The molecule has 5 heterocycles. The summed E-state index contributed by atoms with van der Waals surface area (Å²) in [6.45, 7) is 19.1. The number of likely N-dealkylation sites (N-methyl/N-ethyl adjacent to an activating group) is 2. The van der Waals surface area contributed by atoms with Crippen molar-refractivity contribution in [3.8, 4) is 11.4 Å². The van der Waals surface area contributed by atoms with Gasteiger partial charge < -0.3 is 54.7 Å². The van der Waals surface area contributed by atoms with E-state index in [0.29, 0.717) is 85.2 Å². The standard InChI is InChI=1S/C67H93FN8O12/c1-15-37(7)59(51(86-13)32-53(78)75-29-20-24-49(75)61(87-14)39(9)62(80)69-40(10)60(79)41-22-18-17-19-23-41)74(12)65(83)56(35(3)4)72-63(81)58(36(5)6)73(11)28-21-25-52(77)70-47-27-26-42-38(8)46(68)31-48-54(42)55(47)43-33-76-50(57(43)71-48)30-45-44(64(76)82)34-88-66(84)67(45,85)16-2/h17-19,22-23,30-31,35-37,39-40,47,49,51,56,58-61,79,85H,15-16,20-21,24-29,32-34H2,1-14H3,(H,69,80)(H,70,77)(H,72,81)/t37-,39+,40+,47-,49-,51+,56-,58-,59-,60+,61+,67-/m0/s1. The SMILES string of the molecule is CC[C@H](C)[C@@H]([C@@H](CC(=O)N1CCC[C@H]1[C@H](OC)[C@@H](C)C(=O)N[C@H](C)[C@@H](O)c1ccccc1)OC)N(C)C(=O)[C@@H](NC(=O)[C@H](C(C)C)N(C)CCCC(=O)N[C@H]1CCc2c(C)c(F)cc3nc4c(c1c23)Cn1c-4cc2c(c1=O)COC(=O)[C@]2(O)CC)C(C)C. The fourth-order valence-electron chi connectivity index (χ4n) is 14.3. The van der Waals surface area contributed by atoms with Gasteiger partial charge in [-0.1, -0.05) is 92.1 Å². The van der Waals surface area contributed by atoms with Crippen molar-refractivity contribution >= 4 is 46.4 Å². The Labute approximate surface area is 516 Å². The number of methoxy groups -OCH3 is 2. The molecule has 1 aliphatic carbocycles. The predicted molar refractivity (Wildman–Crippen MR) is 331 cm³/mol. The van der Waals surface area contributed by atoms with E-state index in [4.69, 9.17) is 19.2 Å². The number of rotatable bonds is 26. The van der Waals surface area contributed by atoms with Gasteiger partial charge in [-0.15, -0.1) is 0 Å². The topological polar surface area (TPSA) is 251 Å². The van der Waals surface area contributed by atoms with E-state index in [9.17, 15) is 43.8 Å². The van der Waals surface area contributed by atoms with Crippen LogP contribution in [-0.2, 0) is 68.2 Å². The molecule has 20 nitrogen and oxygen atoms in total. The minimum atomic E-state index is -2.03. The highest BCUT2D eigenvalue weighted by molar-refractivity contribution is 5.94. The summed E-state index contributed by atoms with van der Waals surface area (Å²) in [4.78, 5) is 109. The minimum Gasteiger partial charge on any atom is -0.458 e. The zero-order valence-electron chi connectivity index (χ0n) is 53.8. The van der Waals surface area contributed by atoms with Gasteiger partial charge in [-0.3, -0.25) is 33.7 Å². The van der Waals surface area contributed by atoms with Crippen LogP contribution >= 0.6 is 0 Å². The Kier molecular flexibility index (Phi) is 21.4. The Bertz CT molecular complexity index is 3320. The number of pyridine rings is 2. The lowest BCUT2D eigenvalue weighted by atomic mass is 9.81. The number of ether oxygens (including phenoxy) is 3. The number of esters is 1. The molecule has 0 saturated carbocycles. The number of carbonyl (C=O) groups is 6. The van der Waals surface area contributed by atoms with E-state index in [1.54, 1.807) is 62.7 Å². The fraction of sp³-hybridized carbons (Fsp3) is 0.612. The number of likely N-dealkylation sites (tertiary alicyclic amines) is 1. The number of carbonyl (C=O) groups excluding carboxylic acids is 6. The van der Waals surface area contributed by atoms with Crippen LogP contribution in [0.2, 0.25) is 0 Å². The van der Waals surface area contributed by atoms with Gasteiger partial charge in [0.15, 0.2) is 5.60 Å². The summed E-state index contributed by atoms with van der Waals surface area (Å²) >= 11 is 0. The summed E-state index contributed by atoms with van der Waals surface area (Å²) in [5.41, 5.74) is 2.45. The molecule has 0 spiro atoms. The summed E-state index contributed by atoms with van der Waals surface area (Å²) in [7, 11) is 6.59. The molecule has 21 heteroatoms. The van der Waals surface area contributed by atoms with Crippen LogP contribution in [0, 0.1) is 36.4 Å². The van der Waals surface area contributed by atoms with Crippen LogP contribution in [-0.4, -0.2) is 154 Å². The van der Waals surface area contributed by atoms with Gasteiger partial charge in [0.1, 0.15) is 18.5 Å². The third kappa shape index (κ3) is 13.2. The van der Waals surface area contributed by atoms with E-state index < -0.39 is 83.4 Å². The molecular formula is C67H93FN8O12. The molecule has 2 aromatic carbocycles. The maximum atomic E-state index is 15.6. The Morgan fingerprint density at radius 2 is 1.62 bits per heavy atom. The van der Waals surface area contributed by atoms with Crippen molar-refractivity contribution in [1.82, 2.24) is 40.2 Å². The fourth-order valence-corrected chi connectivity index (χ4v) is 14.3. The highest BCUT2D eigenvalue weighted by atomic mass is 19.1. The zero-order valence-corrected chi connectivity index (χ0v) is 53.8. The van der Waals surface area contributed by atoms with Crippen LogP contribution < -0.4 is 21.5 Å². The first-order chi connectivity index (χ1) is 41.7. The first kappa shape index (κ1) is 67.3. The molecule has 0 unspecified atom stereocenters. The lowest BCUT2D eigenvalue weighted by Crippen LogP contribution is -2.60. The van der Waals surface area contributed by atoms with Gasteiger partial charge in [0, 0.05) is 56.8 Å². The number of nitrogens with zero attached hydrogens (tertiary/aromatic N) is 5. The Morgan fingerprint density at radius 1 is 0.920 bits per heavy atom. The number of hydrogen-bond acceptors (Lipinski definition) is 14. The largest absolute Gasteiger partial charge is 0.458 e. The molecule has 5 N–H and O–H groups in total. The van der Waals surface area contributed by atoms with E-state index in [-0.39, 0.29) is 90.8 Å². The van der Waals surface area contributed by atoms with Crippen molar-refractivity contribution in [2.24, 2.45) is 23.7 Å². The van der Waals surface area contributed by atoms with Gasteiger partial charge in [-0.05, 0) is 112 Å². The second-order valence-corrected chi connectivity index (χ2v) is 25.7. The average molecular weight is 1220 g/mol. The normalized spacial score (nSPS) is 20.9. The van der Waals surface area contributed by atoms with Crippen LogP contribution in [0.4, 0.5) is 4.39 Å². The summed E-state index contributed by atoms with van der Waals surface area (Å²) in [6.07, 6.45) is 1.02. The predicted octanol–water partition coefficient (Wildman–Crippen LogP) is 6.67. The van der Waals surface area contributed by atoms with E-state index in [2.05, 4.69) is 16.0 Å². The molecule has 5 amide bonds. The monoisotopic (exact) mass is 1220 g/mol. The molecule has 1 fully saturated rings. The zero-order chi connectivity index (χ0) is 64.4.